The maximum atomic E-state index is 6.05. The molecule has 0 unspecified atom stereocenters. The van der Waals surface area contributed by atoms with Crippen LogP contribution in [0, 0.1) is 11.8 Å². The van der Waals surface area contributed by atoms with E-state index in [1.807, 2.05) is 0 Å². The first-order valence-corrected chi connectivity index (χ1v) is 5.94. The molecule has 3 rings (SSSR count). The quantitative estimate of drug-likeness (QED) is 0.732. The molecule has 0 spiro atoms. The second-order valence-corrected chi connectivity index (χ2v) is 4.88. The summed E-state index contributed by atoms with van der Waals surface area (Å²) >= 11 is 6.05. The van der Waals surface area contributed by atoms with Crippen molar-refractivity contribution in [3.8, 4) is 0 Å². The number of halogens is 1. The molecule has 2 aliphatic rings. The monoisotopic (exact) mass is 223 g/mol. The summed E-state index contributed by atoms with van der Waals surface area (Å²) in [4.78, 5) is 10.7. The molecule has 0 aromatic carbocycles. The molecule has 1 aliphatic heterocycles. The van der Waals surface area contributed by atoms with E-state index in [0.717, 1.165) is 30.7 Å². The lowest BCUT2D eigenvalue weighted by atomic mass is 10.0. The van der Waals surface area contributed by atoms with Gasteiger partial charge >= 0.3 is 0 Å². The molecule has 1 aromatic heterocycles. The summed E-state index contributed by atoms with van der Waals surface area (Å²) in [5.41, 5.74) is 0. The molecule has 1 aliphatic carbocycles. The Morgan fingerprint density at radius 1 is 1.13 bits per heavy atom. The number of anilines is 1. The van der Waals surface area contributed by atoms with Crippen LogP contribution in [0.3, 0.4) is 0 Å². The Morgan fingerprint density at radius 2 is 1.80 bits per heavy atom. The van der Waals surface area contributed by atoms with Crippen LogP contribution in [0.4, 0.5) is 5.82 Å². The highest BCUT2D eigenvalue weighted by Crippen LogP contribution is 2.39. The van der Waals surface area contributed by atoms with Crippen molar-refractivity contribution < 1.29 is 0 Å². The Morgan fingerprint density at radius 3 is 2.47 bits per heavy atom. The van der Waals surface area contributed by atoms with Gasteiger partial charge in [-0.25, -0.2) is 9.97 Å². The summed E-state index contributed by atoms with van der Waals surface area (Å²) < 4.78 is 0. The zero-order valence-corrected chi connectivity index (χ0v) is 9.32. The van der Waals surface area contributed by atoms with Crippen LogP contribution in [0.25, 0.3) is 0 Å². The second-order valence-electron chi connectivity index (χ2n) is 4.53. The van der Waals surface area contributed by atoms with E-state index in [9.17, 15) is 0 Å². The summed E-state index contributed by atoms with van der Waals surface area (Å²) in [5, 5.41) is 0.539. The molecule has 1 saturated heterocycles. The predicted octanol–water partition coefficient (Wildman–Crippen LogP) is 2.37. The third-order valence-corrected chi connectivity index (χ3v) is 3.93. The van der Waals surface area contributed by atoms with E-state index >= 15 is 0 Å². The molecule has 0 amide bonds. The molecule has 4 heteroatoms. The Kier molecular flexibility index (Phi) is 2.28. The minimum Gasteiger partial charge on any atom is -0.353 e. The van der Waals surface area contributed by atoms with Gasteiger partial charge in [-0.3, -0.25) is 0 Å². The summed E-state index contributed by atoms with van der Waals surface area (Å²) in [6, 6.07) is 0. The fourth-order valence-corrected chi connectivity index (χ4v) is 3.16. The number of hydrogen-bond acceptors (Lipinski definition) is 3. The first-order chi connectivity index (χ1) is 7.34. The summed E-state index contributed by atoms with van der Waals surface area (Å²) in [5.74, 6) is 2.60. The Labute approximate surface area is 94.5 Å². The number of nitrogens with zero attached hydrogens (tertiary/aromatic N) is 3. The van der Waals surface area contributed by atoms with Crippen molar-refractivity contribution in [2.24, 2.45) is 11.8 Å². The van der Waals surface area contributed by atoms with Gasteiger partial charge in [-0.15, -0.1) is 0 Å². The van der Waals surface area contributed by atoms with Crippen molar-refractivity contribution in [1.82, 2.24) is 9.97 Å². The second kappa shape index (κ2) is 3.63. The first kappa shape index (κ1) is 9.40. The number of fused-ring (bicyclic) bond motifs is 1. The maximum Gasteiger partial charge on any atom is 0.171 e. The number of aromatic nitrogens is 2. The number of rotatable bonds is 1. The van der Waals surface area contributed by atoms with Crippen molar-refractivity contribution in [1.29, 1.82) is 0 Å². The third kappa shape index (κ3) is 1.59. The van der Waals surface area contributed by atoms with Crippen molar-refractivity contribution >= 4 is 17.4 Å². The molecule has 1 saturated carbocycles. The van der Waals surface area contributed by atoms with Crippen molar-refractivity contribution in [3.63, 3.8) is 0 Å². The predicted molar refractivity (Wildman–Crippen MR) is 60.1 cm³/mol. The van der Waals surface area contributed by atoms with E-state index in [1.54, 1.807) is 12.4 Å². The van der Waals surface area contributed by atoms with E-state index < -0.39 is 0 Å². The van der Waals surface area contributed by atoms with Gasteiger partial charge in [-0.2, -0.15) is 0 Å². The topological polar surface area (TPSA) is 29.0 Å². The fourth-order valence-electron chi connectivity index (χ4n) is 2.93. The lowest BCUT2D eigenvalue weighted by molar-refractivity contribution is 0.494. The minimum atomic E-state index is 0.539. The molecule has 2 heterocycles. The highest BCUT2D eigenvalue weighted by atomic mass is 35.5. The Bertz CT molecular complexity index is 357. The molecule has 1 aromatic rings. The molecule has 0 N–H and O–H groups in total. The van der Waals surface area contributed by atoms with E-state index in [-0.39, 0.29) is 0 Å². The Balaban J connectivity index is 1.82. The molecule has 2 fully saturated rings. The molecular formula is C11H14ClN3. The summed E-state index contributed by atoms with van der Waals surface area (Å²) in [7, 11) is 0. The molecular weight excluding hydrogens is 210 g/mol. The van der Waals surface area contributed by atoms with Gasteiger partial charge in [0.15, 0.2) is 11.0 Å². The maximum absolute atomic E-state index is 6.05. The van der Waals surface area contributed by atoms with E-state index in [0.29, 0.717) is 5.15 Å². The first-order valence-electron chi connectivity index (χ1n) is 5.56. The SMILES string of the molecule is Clc1nccnc1N1C[C@@H]2CCC[C@H]2C1. The summed E-state index contributed by atoms with van der Waals surface area (Å²) in [6.45, 7) is 2.23. The van der Waals surface area contributed by atoms with Gasteiger partial charge in [0.05, 0.1) is 0 Å². The lowest BCUT2D eigenvalue weighted by Gasteiger charge is -2.18. The van der Waals surface area contributed by atoms with Crippen molar-refractivity contribution in [3.05, 3.63) is 17.5 Å². The van der Waals surface area contributed by atoms with Gasteiger partial charge in [0.25, 0.3) is 0 Å². The summed E-state index contributed by atoms with van der Waals surface area (Å²) in [6.07, 6.45) is 7.51. The van der Waals surface area contributed by atoms with Crippen LogP contribution in [-0.4, -0.2) is 23.1 Å². The van der Waals surface area contributed by atoms with Crippen molar-refractivity contribution in [2.75, 3.05) is 18.0 Å². The van der Waals surface area contributed by atoms with Gasteiger partial charge in [-0.05, 0) is 24.7 Å². The molecule has 0 bridgehead atoms. The van der Waals surface area contributed by atoms with Crippen LogP contribution in [0.1, 0.15) is 19.3 Å². The fraction of sp³-hybridized carbons (Fsp3) is 0.636. The number of hydrogen-bond donors (Lipinski definition) is 0. The van der Waals surface area contributed by atoms with Gasteiger partial charge in [0.2, 0.25) is 0 Å². The molecule has 2 atom stereocenters. The van der Waals surface area contributed by atoms with E-state index in [4.69, 9.17) is 11.6 Å². The standard InChI is InChI=1S/C11H14ClN3/c12-10-11(14-5-4-13-10)15-6-8-2-1-3-9(8)7-15/h4-5,8-9H,1-3,6-7H2/t8-,9-/m0/s1. The molecule has 15 heavy (non-hydrogen) atoms. The average molecular weight is 224 g/mol. The largest absolute Gasteiger partial charge is 0.353 e. The van der Waals surface area contributed by atoms with Crippen LogP contribution >= 0.6 is 11.6 Å². The highest BCUT2D eigenvalue weighted by molar-refractivity contribution is 6.31. The van der Waals surface area contributed by atoms with E-state index in [1.165, 1.54) is 19.3 Å². The molecule has 3 nitrogen and oxygen atoms in total. The molecule has 80 valence electrons. The van der Waals surface area contributed by atoms with Gasteiger partial charge < -0.3 is 4.90 Å². The van der Waals surface area contributed by atoms with Gasteiger partial charge in [0, 0.05) is 25.5 Å². The van der Waals surface area contributed by atoms with Crippen LogP contribution in [0.5, 0.6) is 0 Å². The average Bonchev–Trinajstić information content (AvgIpc) is 2.77. The van der Waals surface area contributed by atoms with Crippen LogP contribution in [0.2, 0.25) is 5.15 Å². The van der Waals surface area contributed by atoms with Crippen LogP contribution in [0.15, 0.2) is 12.4 Å². The highest BCUT2D eigenvalue weighted by Gasteiger charge is 2.37. The zero-order valence-electron chi connectivity index (χ0n) is 8.56. The van der Waals surface area contributed by atoms with E-state index in [2.05, 4.69) is 14.9 Å². The Hall–Kier alpha value is -0.830. The minimum absolute atomic E-state index is 0.539. The van der Waals surface area contributed by atoms with Gasteiger partial charge in [-0.1, -0.05) is 18.0 Å². The van der Waals surface area contributed by atoms with Gasteiger partial charge in [0.1, 0.15) is 0 Å². The zero-order chi connectivity index (χ0) is 10.3. The van der Waals surface area contributed by atoms with Crippen molar-refractivity contribution in [2.45, 2.75) is 19.3 Å². The van der Waals surface area contributed by atoms with Crippen LogP contribution < -0.4 is 4.90 Å². The smallest absolute Gasteiger partial charge is 0.171 e. The third-order valence-electron chi connectivity index (χ3n) is 3.66. The lowest BCUT2D eigenvalue weighted by Crippen LogP contribution is -2.22. The normalized spacial score (nSPS) is 29.5. The molecule has 0 radical (unpaired) electrons. The van der Waals surface area contributed by atoms with Crippen LogP contribution in [-0.2, 0) is 0 Å².